The number of hydrogen-bond acceptors (Lipinski definition) is 4. The molecule has 0 bridgehead atoms. The van der Waals surface area contributed by atoms with Gasteiger partial charge in [0.1, 0.15) is 6.61 Å². The van der Waals surface area contributed by atoms with E-state index in [2.05, 4.69) is 39.1 Å². The fourth-order valence-corrected chi connectivity index (χ4v) is 4.48. The van der Waals surface area contributed by atoms with Gasteiger partial charge in [0.15, 0.2) is 5.75 Å². The molecular formula is C33H42N2O4. The van der Waals surface area contributed by atoms with Crippen molar-refractivity contribution in [3.05, 3.63) is 87.7 Å². The van der Waals surface area contributed by atoms with Crippen molar-refractivity contribution >= 4 is 22.5 Å². The van der Waals surface area contributed by atoms with Crippen molar-refractivity contribution in [2.24, 2.45) is 0 Å². The second-order valence-corrected chi connectivity index (χ2v) is 10.1. The minimum Gasteiger partial charge on any atom is -0.492 e. The third kappa shape index (κ3) is 8.34. The van der Waals surface area contributed by atoms with E-state index in [4.69, 9.17) is 9.47 Å². The normalized spacial score (nSPS) is 11.4. The molecule has 0 aliphatic heterocycles. The Hall–Kier alpha value is -3.80. The van der Waals surface area contributed by atoms with Gasteiger partial charge in [-0.2, -0.15) is 0 Å². The van der Waals surface area contributed by atoms with Gasteiger partial charge in [-0.3, -0.25) is 9.59 Å². The maximum atomic E-state index is 13.7. The maximum absolute atomic E-state index is 13.7. The number of allylic oxidation sites excluding steroid dienone is 3. The number of aromatic nitrogens is 1. The number of carbonyl (C=O) groups excluding carboxylic acids is 1. The monoisotopic (exact) mass is 530 g/mol. The van der Waals surface area contributed by atoms with E-state index in [1.807, 2.05) is 42.5 Å². The highest BCUT2D eigenvalue weighted by Gasteiger charge is 2.20. The lowest BCUT2D eigenvalue weighted by Gasteiger charge is -2.18. The summed E-state index contributed by atoms with van der Waals surface area (Å²) in [5, 5.41) is 3.73. The Labute approximate surface area is 232 Å². The van der Waals surface area contributed by atoms with Crippen LogP contribution in [0.5, 0.6) is 11.5 Å². The smallest absolute Gasteiger partial charge is 0.297 e. The predicted octanol–water partition coefficient (Wildman–Crippen LogP) is 7.91. The number of benzene rings is 2. The van der Waals surface area contributed by atoms with Gasteiger partial charge in [0.05, 0.1) is 12.6 Å². The van der Waals surface area contributed by atoms with E-state index in [0.717, 1.165) is 43.9 Å². The number of hydrogen-bond donors (Lipinski definition) is 1. The van der Waals surface area contributed by atoms with E-state index in [9.17, 15) is 9.59 Å². The number of methoxy groups -OCH3 is 1. The van der Waals surface area contributed by atoms with Crippen LogP contribution in [0.1, 0.15) is 76.6 Å². The molecule has 1 aromatic heterocycles. The van der Waals surface area contributed by atoms with Gasteiger partial charge in [-0.25, -0.2) is 0 Å². The fourth-order valence-electron chi connectivity index (χ4n) is 4.48. The summed E-state index contributed by atoms with van der Waals surface area (Å²) in [6, 6.07) is 14.6. The Balaban J connectivity index is 1.95. The molecule has 39 heavy (non-hydrogen) atoms. The molecule has 0 saturated heterocycles. The Bertz CT molecular complexity index is 1370. The molecule has 6 heteroatoms. The van der Waals surface area contributed by atoms with Gasteiger partial charge < -0.3 is 19.4 Å². The van der Waals surface area contributed by atoms with Gasteiger partial charge in [-0.05, 0) is 76.4 Å². The second-order valence-electron chi connectivity index (χ2n) is 10.1. The van der Waals surface area contributed by atoms with Gasteiger partial charge >= 0.3 is 0 Å². The molecule has 0 radical (unpaired) electrons. The topological polar surface area (TPSA) is 69.6 Å². The first-order chi connectivity index (χ1) is 18.8. The summed E-state index contributed by atoms with van der Waals surface area (Å²) in [4.78, 5) is 26.5. The first kappa shape index (κ1) is 29.8. The number of nitrogens with zero attached hydrogens (tertiary/aromatic N) is 1. The largest absolute Gasteiger partial charge is 0.492 e. The van der Waals surface area contributed by atoms with Crippen molar-refractivity contribution in [1.82, 2.24) is 4.57 Å². The van der Waals surface area contributed by atoms with Crippen molar-refractivity contribution < 1.29 is 14.3 Å². The van der Waals surface area contributed by atoms with E-state index in [-0.39, 0.29) is 17.2 Å². The van der Waals surface area contributed by atoms with Crippen molar-refractivity contribution in [2.75, 3.05) is 19.0 Å². The SMILES string of the molecule is CCCCCCn1c(=O)c(OCC=C(C)CCC=C(C)C)c(OC)c2ccc(NC(=O)c3ccccc3)cc21. The number of amides is 1. The average molecular weight is 531 g/mol. The van der Waals surface area contributed by atoms with Crippen LogP contribution in [-0.2, 0) is 6.54 Å². The highest BCUT2D eigenvalue weighted by Crippen LogP contribution is 2.34. The summed E-state index contributed by atoms with van der Waals surface area (Å²) in [6.07, 6.45) is 10.3. The number of pyridine rings is 1. The molecule has 0 spiro atoms. The van der Waals surface area contributed by atoms with Crippen LogP contribution in [-0.4, -0.2) is 24.2 Å². The van der Waals surface area contributed by atoms with E-state index >= 15 is 0 Å². The minimum absolute atomic E-state index is 0.203. The maximum Gasteiger partial charge on any atom is 0.297 e. The van der Waals surface area contributed by atoms with Gasteiger partial charge in [-0.1, -0.05) is 61.6 Å². The number of anilines is 1. The highest BCUT2D eigenvalue weighted by atomic mass is 16.5. The minimum atomic E-state index is -0.224. The number of aryl methyl sites for hydroxylation is 1. The van der Waals surface area contributed by atoms with Crippen molar-refractivity contribution in [3.8, 4) is 11.5 Å². The van der Waals surface area contributed by atoms with Crippen LogP contribution < -0.4 is 20.3 Å². The third-order valence-electron chi connectivity index (χ3n) is 6.66. The standard InChI is InChI=1S/C33H42N2O4/c1-6-7-8-12-21-35-29-23-27(34-32(36)26-16-10-9-11-17-26)18-19-28(29)30(38-5)31(33(35)37)39-22-20-25(4)15-13-14-24(2)3/h9-11,14,16-20,23H,6-8,12-13,15,21-22H2,1-5H3,(H,34,36). The lowest BCUT2D eigenvalue weighted by molar-refractivity contribution is 0.102. The van der Waals surface area contributed by atoms with Crippen LogP contribution in [0.25, 0.3) is 10.9 Å². The molecule has 0 unspecified atom stereocenters. The van der Waals surface area contributed by atoms with Gasteiger partial charge in [0.25, 0.3) is 11.5 Å². The van der Waals surface area contributed by atoms with E-state index in [1.54, 1.807) is 23.8 Å². The van der Waals surface area contributed by atoms with E-state index in [1.165, 1.54) is 11.1 Å². The summed E-state index contributed by atoms with van der Waals surface area (Å²) >= 11 is 0. The fraction of sp³-hybridized carbons (Fsp3) is 0.394. The van der Waals surface area contributed by atoms with E-state index in [0.29, 0.717) is 35.7 Å². The summed E-state index contributed by atoms with van der Waals surface area (Å²) in [5.74, 6) is 0.428. The number of ether oxygens (including phenoxy) is 2. The molecule has 1 heterocycles. The first-order valence-corrected chi connectivity index (χ1v) is 13.9. The zero-order chi connectivity index (χ0) is 28.2. The number of rotatable bonds is 14. The predicted molar refractivity (Wildman–Crippen MR) is 161 cm³/mol. The molecule has 3 rings (SSSR count). The van der Waals surface area contributed by atoms with Crippen LogP contribution in [0.2, 0.25) is 0 Å². The number of fused-ring (bicyclic) bond motifs is 1. The van der Waals surface area contributed by atoms with Crippen LogP contribution in [0.3, 0.4) is 0 Å². The van der Waals surface area contributed by atoms with Crippen LogP contribution >= 0.6 is 0 Å². The average Bonchev–Trinajstić information content (AvgIpc) is 2.93. The number of nitrogens with one attached hydrogen (secondary N) is 1. The molecule has 0 saturated carbocycles. The number of unbranched alkanes of at least 4 members (excludes halogenated alkanes) is 3. The molecular weight excluding hydrogens is 488 g/mol. The molecule has 1 amide bonds. The third-order valence-corrected chi connectivity index (χ3v) is 6.66. The lowest BCUT2D eigenvalue weighted by Crippen LogP contribution is -2.24. The Morgan fingerprint density at radius 3 is 2.44 bits per heavy atom. The van der Waals surface area contributed by atoms with Gasteiger partial charge in [-0.15, -0.1) is 0 Å². The summed E-state index contributed by atoms with van der Waals surface area (Å²) in [6.45, 7) is 9.29. The molecule has 208 valence electrons. The van der Waals surface area contributed by atoms with E-state index < -0.39 is 0 Å². The van der Waals surface area contributed by atoms with Crippen LogP contribution in [0.4, 0.5) is 5.69 Å². The van der Waals surface area contributed by atoms with Crippen LogP contribution in [0, 0.1) is 0 Å². The zero-order valence-corrected chi connectivity index (χ0v) is 24.0. The molecule has 0 fully saturated rings. The molecule has 6 nitrogen and oxygen atoms in total. The summed E-state index contributed by atoms with van der Waals surface area (Å²) < 4.78 is 13.5. The van der Waals surface area contributed by atoms with Crippen LogP contribution in [0.15, 0.2) is 76.6 Å². The highest BCUT2D eigenvalue weighted by molar-refractivity contribution is 6.05. The molecule has 0 aliphatic rings. The van der Waals surface area contributed by atoms with Crippen molar-refractivity contribution in [1.29, 1.82) is 0 Å². The quantitative estimate of drug-likeness (QED) is 0.170. The number of carbonyl (C=O) groups is 1. The van der Waals surface area contributed by atoms with Crippen molar-refractivity contribution in [3.63, 3.8) is 0 Å². The van der Waals surface area contributed by atoms with Gasteiger partial charge in [0.2, 0.25) is 5.75 Å². The lowest BCUT2D eigenvalue weighted by atomic mass is 10.1. The molecule has 3 aromatic rings. The Morgan fingerprint density at radius 1 is 0.974 bits per heavy atom. The second kappa shape index (κ2) is 15.0. The molecule has 2 aromatic carbocycles. The Kier molecular flexibility index (Phi) is 11.4. The summed E-state index contributed by atoms with van der Waals surface area (Å²) in [5.41, 5.74) is 4.19. The summed E-state index contributed by atoms with van der Waals surface area (Å²) in [7, 11) is 1.55. The molecule has 0 aliphatic carbocycles. The molecule has 1 N–H and O–H groups in total. The first-order valence-electron chi connectivity index (χ1n) is 13.9. The van der Waals surface area contributed by atoms with Gasteiger partial charge in [0, 0.05) is 23.2 Å². The van der Waals surface area contributed by atoms with Crippen molar-refractivity contribution in [2.45, 2.75) is 72.8 Å². The Morgan fingerprint density at radius 2 is 1.74 bits per heavy atom. The zero-order valence-electron chi connectivity index (χ0n) is 24.0. The molecule has 0 atom stereocenters.